The molecule has 2 aliphatic rings. The van der Waals surface area contributed by atoms with Gasteiger partial charge in [0.2, 0.25) is 0 Å². The van der Waals surface area contributed by atoms with E-state index in [9.17, 15) is 9.59 Å². The molecule has 2 rings (SSSR count). The number of alkyl halides is 1. The minimum absolute atomic E-state index is 0.0386. The number of ether oxygens (including phenoxy) is 2. The smallest absolute Gasteiger partial charge is 0.407 e. The van der Waals surface area contributed by atoms with Crippen LogP contribution in [0.4, 0.5) is 4.79 Å². The normalized spacial score (nSPS) is 21.9. The van der Waals surface area contributed by atoms with Gasteiger partial charge in [-0.15, -0.1) is 11.6 Å². The molecule has 0 aromatic heterocycles. The number of halogens is 1. The van der Waals surface area contributed by atoms with Gasteiger partial charge in [0, 0.05) is 24.5 Å². The highest BCUT2D eigenvalue weighted by atomic mass is 35.5. The van der Waals surface area contributed by atoms with Crippen molar-refractivity contribution in [2.45, 2.75) is 76.8 Å². The highest BCUT2D eigenvalue weighted by molar-refractivity contribution is 6.22. The van der Waals surface area contributed by atoms with Crippen molar-refractivity contribution < 1.29 is 19.1 Å². The van der Waals surface area contributed by atoms with Crippen LogP contribution in [0.1, 0.15) is 59.8 Å². The summed E-state index contributed by atoms with van der Waals surface area (Å²) in [4.78, 5) is 24.3. The van der Waals surface area contributed by atoms with Crippen LogP contribution in [0.25, 0.3) is 0 Å². The van der Waals surface area contributed by atoms with E-state index in [0.717, 1.165) is 24.8 Å². The summed E-state index contributed by atoms with van der Waals surface area (Å²) in [5, 5.41) is 2.84. The van der Waals surface area contributed by atoms with Gasteiger partial charge in [0.05, 0.1) is 18.4 Å². The number of carbonyl (C=O) groups excluding carboxylic acids is 2. The van der Waals surface area contributed by atoms with E-state index in [1.165, 1.54) is 5.57 Å². The number of allylic oxidation sites excluding steroid dienone is 5. The molecule has 1 amide bonds. The van der Waals surface area contributed by atoms with Crippen LogP contribution in [0.3, 0.4) is 0 Å². The Bertz CT molecular complexity index is 779. The number of nitrogens with one attached hydrogen (secondary N) is 1. The van der Waals surface area contributed by atoms with Crippen LogP contribution < -0.4 is 5.32 Å². The Morgan fingerprint density at radius 3 is 2.80 bits per heavy atom. The van der Waals surface area contributed by atoms with Crippen LogP contribution in [0.15, 0.2) is 35.5 Å². The molecular formula is C24H32ClNO4. The van der Waals surface area contributed by atoms with Crippen molar-refractivity contribution in [1.29, 1.82) is 0 Å². The molecule has 2 aliphatic carbocycles. The molecule has 0 saturated heterocycles. The fraction of sp³-hybridized carbons (Fsp3) is 0.583. The Labute approximate surface area is 184 Å². The number of amides is 1. The lowest BCUT2D eigenvalue weighted by molar-refractivity contribution is -0.143. The first-order valence-electron chi connectivity index (χ1n) is 10.5. The highest BCUT2D eigenvalue weighted by Crippen LogP contribution is 2.30. The zero-order chi connectivity index (χ0) is 22.1. The molecule has 5 nitrogen and oxygen atoms in total. The molecule has 0 heterocycles. The first-order valence-corrected chi connectivity index (χ1v) is 10.9. The zero-order valence-corrected chi connectivity index (χ0v) is 19.1. The first kappa shape index (κ1) is 24.1. The third-order valence-electron chi connectivity index (χ3n) is 4.74. The first-order chi connectivity index (χ1) is 14.2. The third kappa shape index (κ3) is 8.67. The quantitative estimate of drug-likeness (QED) is 0.346. The lowest BCUT2D eigenvalue weighted by atomic mass is 9.87. The molecule has 0 bridgehead atoms. The standard InChI is InChI=1S/C24H32ClNO4/c1-5-29-22(27)16-21(26-23(28)30-24(2,3)4)14-17-8-6-9-18(13-12-17)19-10-7-11-20(25)15-19/h7,10-12,18,20-21H,5,9,13-16H2,1-4H3,(H,26,28). The van der Waals surface area contributed by atoms with Gasteiger partial charge in [-0.05, 0) is 46.5 Å². The number of carbonyl (C=O) groups is 2. The van der Waals surface area contributed by atoms with Gasteiger partial charge in [0.25, 0.3) is 0 Å². The highest BCUT2D eigenvalue weighted by Gasteiger charge is 2.24. The van der Waals surface area contributed by atoms with E-state index >= 15 is 0 Å². The molecule has 0 radical (unpaired) electrons. The van der Waals surface area contributed by atoms with Crippen LogP contribution in [0.2, 0.25) is 0 Å². The number of hydrogen-bond acceptors (Lipinski definition) is 4. The van der Waals surface area contributed by atoms with Crippen LogP contribution >= 0.6 is 11.6 Å². The molecule has 3 unspecified atom stereocenters. The van der Waals surface area contributed by atoms with Crippen molar-refractivity contribution >= 4 is 23.7 Å². The van der Waals surface area contributed by atoms with Gasteiger partial charge < -0.3 is 14.8 Å². The van der Waals surface area contributed by atoms with Crippen LogP contribution in [0, 0.1) is 17.8 Å². The summed E-state index contributed by atoms with van der Waals surface area (Å²) in [5.41, 5.74) is 1.62. The fourth-order valence-corrected chi connectivity index (χ4v) is 3.68. The molecule has 0 saturated carbocycles. The van der Waals surface area contributed by atoms with E-state index in [1.807, 2.05) is 12.2 Å². The van der Waals surface area contributed by atoms with E-state index in [2.05, 4.69) is 29.3 Å². The molecule has 30 heavy (non-hydrogen) atoms. The maximum atomic E-state index is 12.2. The Hall–Kier alpha value is -2.19. The number of alkyl carbamates (subject to hydrolysis) is 1. The van der Waals surface area contributed by atoms with Crippen molar-refractivity contribution in [3.8, 4) is 11.8 Å². The molecule has 0 aromatic rings. The largest absolute Gasteiger partial charge is 0.466 e. The van der Waals surface area contributed by atoms with Gasteiger partial charge in [0.15, 0.2) is 0 Å². The van der Waals surface area contributed by atoms with Gasteiger partial charge in [-0.1, -0.05) is 41.7 Å². The summed E-state index contributed by atoms with van der Waals surface area (Å²) in [7, 11) is 0. The second-order valence-electron chi connectivity index (χ2n) is 8.57. The lowest BCUT2D eigenvalue weighted by Crippen LogP contribution is -2.40. The number of hydrogen-bond donors (Lipinski definition) is 1. The Morgan fingerprint density at radius 2 is 2.13 bits per heavy atom. The summed E-state index contributed by atoms with van der Waals surface area (Å²) in [6, 6.07) is -0.444. The molecule has 0 aromatic carbocycles. The van der Waals surface area contributed by atoms with Crippen molar-refractivity contribution in [3.05, 3.63) is 35.5 Å². The van der Waals surface area contributed by atoms with Gasteiger partial charge >= 0.3 is 12.1 Å². The Morgan fingerprint density at radius 1 is 1.37 bits per heavy atom. The van der Waals surface area contributed by atoms with E-state index in [4.69, 9.17) is 21.1 Å². The molecule has 0 aliphatic heterocycles. The zero-order valence-electron chi connectivity index (χ0n) is 18.3. The maximum Gasteiger partial charge on any atom is 0.407 e. The summed E-state index contributed by atoms with van der Waals surface area (Å²) >= 11 is 6.26. The Balaban J connectivity index is 2.04. The van der Waals surface area contributed by atoms with E-state index in [1.54, 1.807) is 27.7 Å². The SMILES string of the molecule is CCOC(=O)CC(CC1=CCC(C2=CC=CC(Cl)C2)CC#C1)NC(=O)OC(C)(C)C. The van der Waals surface area contributed by atoms with Crippen LogP contribution in [-0.4, -0.2) is 35.7 Å². The molecule has 6 heteroatoms. The predicted molar refractivity (Wildman–Crippen MR) is 119 cm³/mol. The molecular weight excluding hydrogens is 402 g/mol. The van der Waals surface area contributed by atoms with E-state index in [-0.39, 0.29) is 17.8 Å². The van der Waals surface area contributed by atoms with Gasteiger partial charge in [-0.25, -0.2) is 4.79 Å². The molecule has 0 spiro atoms. The van der Waals surface area contributed by atoms with Crippen molar-refractivity contribution in [2.24, 2.45) is 5.92 Å². The van der Waals surface area contributed by atoms with Gasteiger partial charge in [-0.3, -0.25) is 4.79 Å². The molecule has 0 fully saturated rings. The van der Waals surface area contributed by atoms with Crippen molar-refractivity contribution in [2.75, 3.05) is 6.61 Å². The van der Waals surface area contributed by atoms with Crippen LogP contribution in [0.5, 0.6) is 0 Å². The fourth-order valence-electron chi connectivity index (χ4n) is 3.42. The van der Waals surface area contributed by atoms with E-state index in [0.29, 0.717) is 18.9 Å². The molecule has 3 atom stereocenters. The maximum absolute atomic E-state index is 12.2. The average Bonchev–Trinajstić information content (AvgIpc) is 2.85. The molecule has 1 N–H and O–H groups in total. The number of esters is 1. The summed E-state index contributed by atoms with van der Waals surface area (Å²) in [6.07, 6.45) is 10.7. The van der Waals surface area contributed by atoms with Crippen molar-refractivity contribution in [1.82, 2.24) is 5.32 Å². The van der Waals surface area contributed by atoms with Crippen molar-refractivity contribution in [3.63, 3.8) is 0 Å². The van der Waals surface area contributed by atoms with Gasteiger partial charge in [0.1, 0.15) is 5.60 Å². The van der Waals surface area contributed by atoms with E-state index < -0.39 is 17.7 Å². The summed E-state index contributed by atoms with van der Waals surface area (Å²) < 4.78 is 10.4. The third-order valence-corrected chi connectivity index (χ3v) is 5.04. The summed E-state index contributed by atoms with van der Waals surface area (Å²) in [6.45, 7) is 7.45. The lowest BCUT2D eigenvalue weighted by Gasteiger charge is -2.23. The van der Waals surface area contributed by atoms with Crippen LogP contribution in [-0.2, 0) is 14.3 Å². The minimum atomic E-state index is -0.615. The average molecular weight is 434 g/mol. The molecule has 164 valence electrons. The minimum Gasteiger partial charge on any atom is -0.466 e. The van der Waals surface area contributed by atoms with Gasteiger partial charge in [-0.2, -0.15) is 0 Å². The Kier molecular flexibility index (Phi) is 9.05. The topological polar surface area (TPSA) is 64.6 Å². The second kappa shape index (κ2) is 11.3. The monoisotopic (exact) mass is 433 g/mol. The second-order valence-corrected chi connectivity index (χ2v) is 9.13. The predicted octanol–water partition coefficient (Wildman–Crippen LogP) is 5.06. The number of rotatable bonds is 7. The summed E-state index contributed by atoms with van der Waals surface area (Å²) in [5.74, 6) is 6.44.